The number of methoxy groups -OCH3 is 1. The lowest BCUT2D eigenvalue weighted by Gasteiger charge is -2.28. The Bertz CT molecular complexity index is 397. The molecule has 2 rings (SSSR count). The lowest BCUT2D eigenvalue weighted by molar-refractivity contribution is 0.362. The number of hydrogen-bond acceptors (Lipinski definition) is 3. The van der Waals surface area contributed by atoms with Crippen molar-refractivity contribution in [1.29, 1.82) is 5.26 Å². The maximum Gasteiger partial charge on any atom is 0.122 e. The third-order valence-electron chi connectivity index (χ3n) is 3.19. The Labute approximate surface area is 96.0 Å². The van der Waals surface area contributed by atoms with Crippen LogP contribution >= 0.6 is 0 Å². The highest BCUT2D eigenvalue weighted by molar-refractivity contribution is 5.38. The number of ether oxygens (including phenoxy) is 1. The van der Waals surface area contributed by atoms with Gasteiger partial charge >= 0.3 is 0 Å². The molecule has 0 amide bonds. The average molecular weight is 216 g/mol. The molecule has 2 atom stereocenters. The zero-order valence-electron chi connectivity index (χ0n) is 9.44. The maximum atomic E-state index is 9.17. The van der Waals surface area contributed by atoms with Crippen molar-refractivity contribution >= 4 is 0 Å². The SMILES string of the molecule is COc1ccccc1C1CNCCC1C#N. The van der Waals surface area contributed by atoms with Crippen molar-refractivity contribution in [2.45, 2.75) is 12.3 Å². The average Bonchev–Trinajstić information content (AvgIpc) is 2.38. The monoisotopic (exact) mass is 216 g/mol. The van der Waals surface area contributed by atoms with E-state index in [1.54, 1.807) is 7.11 Å². The molecule has 0 aromatic heterocycles. The third-order valence-corrected chi connectivity index (χ3v) is 3.19. The Kier molecular flexibility index (Phi) is 3.43. The number of benzene rings is 1. The lowest BCUT2D eigenvalue weighted by atomic mass is 9.82. The van der Waals surface area contributed by atoms with Crippen molar-refractivity contribution in [2.75, 3.05) is 20.2 Å². The quantitative estimate of drug-likeness (QED) is 0.821. The fraction of sp³-hybridized carbons (Fsp3) is 0.462. The first-order chi connectivity index (χ1) is 7.86. The van der Waals surface area contributed by atoms with Crippen molar-refractivity contribution in [2.24, 2.45) is 5.92 Å². The molecule has 1 aliphatic heterocycles. The summed E-state index contributed by atoms with van der Waals surface area (Å²) in [7, 11) is 1.68. The molecule has 1 aromatic carbocycles. The van der Waals surface area contributed by atoms with E-state index in [1.165, 1.54) is 0 Å². The molecule has 16 heavy (non-hydrogen) atoms. The molecular formula is C13H16N2O. The van der Waals surface area contributed by atoms with Crippen LogP contribution in [-0.4, -0.2) is 20.2 Å². The number of nitriles is 1. The fourth-order valence-electron chi connectivity index (χ4n) is 2.31. The minimum absolute atomic E-state index is 0.0950. The van der Waals surface area contributed by atoms with Gasteiger partial charge in [0, 0.05) is 12.5 Å². The predicted molar refractivity (Wildman–Crippen MR) is 62.3 cm³/mol. The first kappa shape index (κ1) is 11.0. The second-order valence-electron chi connectivity index (χ2n) is 4.08. The van der Waals surface area contributed by atoms with E-state index in [-0.39, 0.29) is 11.8 Å². The van der Waals surface area contributed by atoms with Gasteiger partial charge in [-0.05, 0) is 24.6 Å². The number of nitrogens with one attached hydrogen (secondary N) is 1. The molecule has 1 aromatic rings. The predicted octanol–water partition coefficient (Wildman–Crippen LogP) is 1.91. The number of hydrogen-bond donors (Lipinski definition) is 1. The van der Waals surface area contributed by atoms with Crippen LogP contribution in [0.1, 0.15) is 17.9 Å². The molecule has 2 unspecified atom stereocenters. The molecule has 0 radical (unpaired) electrons. The third kappa shape index (κ3) is 2.02. The zero-order chi connectivity index (χ0) is 11.4. The van der Waals surface area contributed by atoms with Gasteiger partial charge in [0.15, 0.2) is 0 Å². The van der Waals surface area contributed by atoms with Crippen LogP contribution in [0.3, 0.4) is 0 Å². The summed E-state index contributed by atoms with van der Waals surface area (Å²) in [6.07, 6.45) is 0.916. The van der Waals surface area contributed by atoms with Gasteiger partial charge in [0.2, 0.25) is 0 Å². The van der Waals surface area contributed by atoms with Crippen molar-refractivity contribution in [1.82, 2.24) is 5.32 Å². The van der Waals surface area contributed by atoms with E-state index in [2.05, 4.69) is 17.5 Å². The van der Waals surface area contributed by atoms with Crippen LogP contribution < -0.4 is 10.1 Å². The Hall–Kier alpha value is -1.53. The lowest BCUT2D eigenvalue weighted by Crippen LogP contribution is -2.34. The van der Waals surface area contributed by atoms with E-state index in [0.717, 1.165) is 30.8 Å². The highest BCUT2D eigenvalue weighted by Crippen LogP contribution is 2.34. The van der Waals surface area contributed by atoms with Crippen LogP contribution in [-0.2, 0) is 0 Å². The molecule has 0 spiro atoms. The minimum atomic E-state index is 0.0950. The number of nitrogens with zero attached hydrogens (tertiary/aromatic N) is 1. The second-order valence-corrected chi connectivity index (χ2v) is 4.08. The molecule has 1 N–H and O–H groups in total. The van der Waals surface area contributed by atoms with Gasteiger partial charge in [-0.1, -0.05) is 18.2 Å². The molecule has 0 bridgehead atoms. The van der Waals surface area contributed by atoms with Gasteiger partial charge < -0.3 is 10.1 Å². The molecule has 1 aliphatic rings. The Balaban J connectivity index is 2.31. The van der Waals surface area contributed by atoms with Gasteiger partial charge in [-0.15, -0.1) is 0 Å². The van der Waals surface area contributed by atoms with Gasteiger partial charge in [-0.25, -0.2) is 0 Å². The van der Waals surface area contributed by atoms with Crippen molar-refractivity contribution < 1.29 is 4.74 Å². The van der Waals surface area contributed by atoms with E-state index >= 15 is 0 Å². The molecule has 0 aliphatic carbocycles. The van der Waals surface area contributed by atoms with E-state index in [0.29, 0.717) is 0 Å². The molecular weight excluding hydrogens is 200 g/mol. The van der Waals surface area contributed by atoms with Crippen molar-refractivity contribution in [3.63, 3.8) is 0 Å². The molecule has 3 nitrogen and oxygen atoms in total. The van der Waals surface area contributed by atoms with Crippen LogP contribution in [0.25, 0.3) is 0 Å². The van der Waals surface area contributed by atoms with Crippen molar-refractivity contribution in [3.8, 4) is 11.8 Å². The highest BCUT2D eigenvalue weighted by Gasteiger charge is 2.28. The fourth-order valence-corrected chi connectivity index (χ4v) is 2.31. The molecule has 0 saturated carbocycles. The molecule has 1 heterocycles. The summed E-state index contributed by atoms with van der Waals surface area (Å²) in [6.45, 7) is 1.79. The highest BCUT2D eigenvalue weighted by atomic mass is 16.5. The standard InChI is InChI=1S/C13H16N2O/c1-16-13-5-3-2-4-11(13)12-9-15-7-6-10(12)8-14/h2-5,10,12,15H,6-7,9H2,1H3. The van der Waals surface area contributed by atoms with Gasteiger partial charge in [0.1, 0.15) is 5.75 Å². The summed E-state index contributed by atoms with van der Waals surface area (Å²) in [5.74, 6) is 1.23. The first-order valence-electron chi connectivity index (χ1n) is 5.60. The zero-order valence-corrected chi connectivity index (χ0v) is 9.44. The van der Waals surface area contributed by atoms with Gasteiger partial charge in [-0.2, -0.15) is 5.26 Å². The van der Waals surface area contributed by atoms with E-state index < -0.39 is 0 Å². The Morgan fingerprint density at radius 2 is 2.25 bits per heavy atom. The van der Waals surface area contributed by atoms with Gasteiger partial charge in [-0.3, -0.25) is 0 Å². The van der Waals surface area contributed by atoms with Gasteiger partial charge in [0.25, 0.3) is 0 Å². The molecule has 3 heteroatoms. The van der Waals surface area contributed by atoms with Crippen LogP contribution in [0.15, 0.2) is 24.3 Å². The number of piperidine rings is 1. The van der Waals surface area contributed by atoms with E-state index in [4.69, 9.17) is 10.00 Å². The first-order valence-corrected chi connectivity index (χ1v) is 5.60. The summed E-state index contributed by atoms with van der Waals surface area (Å²) in [5, 5.41) is 12.5. The number of para-hydroxylation sites is 1. The molecule has 1 fully saturated rings. The number of rotatable bonds is 2. The summed E-state index contributed by atoms with van der Waals surface area (Å²) in [6, 6.07) is 10.4. The van der Waals surface area contributed by atoms with Gasteiger partial charge in [0.05, 0.1) is 19.1 Å². The molecule has 1 saturated heterocycles. The Morgan fingerprint density at radius 3 is 3.00 bits per heavy atom. The summed E-state index contributed by atoms with van der Waals surface area (Å²) >= 11 is 0. The second kappa shape index (κ2) is 5.00. The summed E-state index contributed by atoms with van der Waals surface area (Å²) in [5.41, 5.74) is 1.14. The summed E-state index contributed by atoms with van der Waals surface area (Å²) in [4.78, 5) is 0. The largest absolute Gasteiger partial charge is 0.496 e. The van der Waals surface area contributed by atoms with Crippen molar-refractivity contribution in [3.05, 3.63) is 29.8 Å². The summed E-state index contributed by atoms with van der Waals surface area (Å²) < 4.78 is 5.35. The smallest absolute Gasteiger partial charge is 0.122 e. The van der Waals surface area contributed by atoms with E-state index in [9.17, 15) is 0 Å². The van der Waals surface area contributed by atoms with Crippen LogP contribution in [0, 0.1) is 17.2 Å². The maximum absolute atomic E-state index is 9.17. The van der Waals surface area contributed by atoms with Crippen LogP contribution in [0.2, 0.25) is 0 Å². The normalized spacial score (nSPS) is 24.8. The van der Waals surface area contributed by atoms with Crippen LogP contribution in [0.4, 0.5) is 0 Å². The Morgan fingerprint density at radius 1 is 1.44 bits per heavy atom. The minimum Gasteiger partial charge on any atom is -0.496 e. The topological polar surface area (TPSA) is 45.0 Å². The van der Waals surface area contributed by atoms with E-state index in [1.807, 2.05) is 18.2 Å². The van der Waals surface area contributed by atoms with Crippen LogP contribution in [0.5, 0.6) is 5.75 Å². The molecule has 84 valence electrons.